The first kappa shape index (κ1) is 21.8. The van der Waals surface area contributed by atoms with Gasteiger partial charge in [0.05, 0.1) is 12.5 Å². The van der Waals surface area contributed by atoms with Crippen LogP contribution in [0.5, 0.6) is 5.75 Å². The zero-order chi connectivity index (χ0) is 21.3. The van der Waals surface area contributed by atoms with Gasteiger partial charge in [-0.15, -0.1) is 0 Å². The van der Waals surface area contributed by atoms with E-state index in [0.29, 0.717) is 31.2 Å². The molecule has 2 atom stereocenters. The standard InChI is InChI=1S/C23H29N3O4/c1-2-3-6-20-14-25(23(28)22(20)15-26(29)17-27)13-18-7-9-21(10-8-18)30-16-19-5-4-11-24-12-19/h4-5,7-12,17,20,22,29H,2-3,6,13-16H2,1H3. The van der Waals surface area contributed by atoms with Crippen molar-refractivity contribution in [3.05, 3.63) is 59.9 Å². The number of likely N-dealkylation sites (tertiary alicyclic amines) is 1. The molecule has 1 aliphatic rings. The number of aromatic nitrogens is 1. The molecular weight excluding hydrogens is 382 g/mol. The van der Waals surface area contributed by atoms with Crippen LogP contribution < -0.4 is 4.74 Å². The number of benzene rings is 1. The van der Waals surface area contributed by atoms with Crippen molar-refractivity contribution >= 4 is 12.3 Å². The summed E-state index contributed by atoms with van der Waals surface area (Å²) in [4.78, 5) is 29.6. The Morgan fingerprint density at radius 3 is 2.73 bits per heavy atom. The minimum atomic E-state index is -0.353. The first-order valence-electron chi connectivity index (χ1n) is 10.4. The predicted octanol–water partition coefficient (Wildman–Crippen LogP) is 3.27. The van der Waals surface area contributed by atoms with Crippen LogP contribution in [0.3, 0.4) is 0 Å². The summed E-state index contributed by atoms with van der Waals surface area (Å²) in [6, 6.07) is 11.6. The molecule has 0 aliphatic carbocycles. The quantitative estimate of drug-likeness (QED) is 0.349. The monoisotopic (exact) mass is 411 g/mol. The van der Waals surface area contributed by atoms with Crippen molar-refractivity contribution in [2.24, 2.45) is 11.8 Å². The lowest BCUT2D eigenvalue weighted by Gasteiger charge is -2.19. The first-order chi connectivity index (χ1) is 14.6. The highest BCUT2D eigenvalue weighted by molar-refractivity contribution is 5.81. The Kier molecular flexibility index (Phi) is 7.79. The van der Waals surface area contributed by atoms with Gasteiger partial charge in [-0.3, -0.25) is 19.8 Å². The molecule has 1 N–H and O–H groups in total. The molecule has 160 valence electrons. The number of amides is 2. The topological polar surface area (TPSA) is 83.0 Å². The summed E-state index contributed by atoms with van der Waals surface area (Å²) >= 11 is 0. The maximum absolute atomic E-state index is 12.9. The van der Waals surface area contributed by atoms with E-state index in [0.717, 1.165) is 36.1 Å². The first-order valence-corrected chi connectivity index (χ1v) is 10.4. The number of hydroxylamine groups is 2. The number of hydrogen-bond donors (Lipinski definition) is 1. The maximum atomic E-state index is 12.9. The predicted molar refractivity (Wildman–Crippen MR) is 111 cm³/mol. The van der Waals surface area contributed by atoms with Gasteiger partial charge in [0.2, 0.25) is 12.3 Å². The number of hydrogen-bond acceptors (Lipinski definition) is 5. The van der Waals surface area contributed by atoms with E-state index in [9.17, 15) is 14.8 Å². The number of carbonyl (C=O) groups is 2. The van der Waals surface area contributed by atoms with Crippen LogP contribution in [0.4, 0.5) is 0 Å². The number of carbonyl (C=O) groups excluding carboxylic acids is 2. The molecule has 2 heterocycles. The van der Waals surface area contributed by atoms with Crippen molar-refractivity contribution in [3.8, 4) is 5.75 Å². The number of rotatable bonds is 11. The fraction of sp³-hybridized carbons (Fsp3) is 0.435. The fourth-order valence-electron chi connectivity index (χ4n) is 3.87. The maximum Gasteiger partial charge on any atom is 0.233 e. The average molecular weight is 412 g/mol. The number of ether oxygens (including phenoxy) is 1. The molecule has 1 aliphatic heterocycles. The summed E-state index contributed by atoms with van der Waals surface area (Å²) in [6.07, 6.45) is 6.85. The Morgan fingerprint density at radius 2 is 2.07 bits per heavy atom. The molecule has 1 saturated heterocycles. The second-order valence-corrected chi connectivity index (χ2v) is 7.75. The third kappa shape index (κ3) is 5.79. The zero-order valence-electron chi connectivity index (χ0n) is 17.3. The van der Waals surface area contributed by atoms with E-state index in [-0.39, 0.29) is 24.3 Å². The minimum absolute atomic E-state index is 0.00564. The van der Waals surface area contributed by atoms with Gasteiger partial charge in [0.15, 0.2) is 0 Å². The number of pyridine rings is 1. The van der Waals surface area contributed by atoms with E-state index in [1.165, 1.54) is 0 Å². The molecule has 0 saturated carbocycles. The Balaban J connectivity index is 1.59. The van der Waals surface area contributed by atoms with Crippen LogP contribution in [0.15, 0.2) is 48.8 Å². The molecule has 30 heavy (non-hydrogen) atoms. The molecule has 2 aromatic rings. The second kappa shape index (κ2) is 10.7. The van der Waals surface area contributed by atoms with Crippen LogP contribution >= 0.6 is 0 Å². The highest BCUT2D eigenvalue weighted by Gasteiger charge is 2.40. The molecule has 1 aromatic carbocycles. The Hall–Kier alpha value is -2.93. The van der Waals surface area contributed by atoms with Crippen LogP contribution in [0.2, 0.25) is 0 Å². The summed E-state index contributed by atoms with van der Waals surface area (Å²) in [5, 5.41) is 10.2. The number of nitrogens with zero attached hydrogens (tertiary/aromatic N) is 3. The molecular formula is C23H29N3O4. The number of unbranched alkanes of at least 4 members (excludes halogenated alkanes) is 1. The minimum Gasteiger partial charge on any atom is -0.489 e. The Bertz CT molecular complexity index is 813. The van der Waals surface area contributed by atoms with Crippen molar-refractivity contribution in [3.63, 3.8) is 0 Å². The fourth-order valence-corrected chi connectivity index (χ4v) is 3.87. The van der Waals surface area contributed by atoms with E-state index < -0.39 is 0 Å². The van der Waals surface area contributed by atoms with E-state index in [1.807, 2.05) is 41.3 Å². The van der Waals surface area contributed by atoms with Crippen molar-refractivity contribution < 1.29 is 19.5 Å². The average Bonchev–Trinajstić information content (AvgIpc) is 3.06. The summed E-state index contributed by atoms with van der Waals surface area (Å²) in [5.74, 6) is 0.549. The van der Waals surface area contributed by atoms with Crippen LogP contribution in [-0.2, 0) is 22.7 Å². The Morgan fingerprint density at radius 1 is 1.27 bits per heavy atom. The summed E-state index contributed by atoms with van der Waals surface area (Å²) in [6.45, 7) is 3.77. The highest BCUT2D eigenvalue weighted by Crippen LogP contribution is 2.31. The van der Waals surface area contributed by atoms with Gasteiger partial charge >= 0.3 is 0 Å². The van der Waals surface area contributed by atoms with Crippen LogP contribution in [-0.4, -0.2) is 45.6 Å². The van der Waals surface area contributed by atoms with Gasteiger partial charge in [-0.25, -0.2) is 5.06 Å². The largest absolute Gasteiger partial charge is 0.489 e. The molecule has 1 aromatic heterocycles. The van der Waals surface area contributed by atoms with E-state index in [1.54, 1.807) is 12.4 Å². The third-order valence-electron chi connectivity index (χ3n) is 5.51. The summed E-state index contributed by atoms with van der Waals surface area (Å²) in [7, 11) is 0. The second-order valence-electron chi connectivity index (χ2n) is 7.75. The molecule has 0 spiro atoms. The molecule has 7 heteroatoms. The van der Waals surface area contributed by atoms with Gasteiger partial charge in [-0.05, 0) is 36.1 Å². The SMILES string of the molecule is CCCCC1CN(Cc2ccc(OCc3cccnc3)cc2)C(=O)C1CN(O)C=O. The highest BCUT2D eigenvalue weighted by atomic mass is 16.5. The lowest BCUT2D eigenvalue weighted by Crippen LogP contribution is -2.33. The smallest absolute Gasteiger partial charge is 0.233 e. The van der Waals surface area contributed by atoms with E-state index in [2.05, 4.69) is 11.9 Å². The lowest BCUT2D eigenvalue weighted by molar-refractivity contribution is -0.155. The van der Waals surface area contributed by atoms with Crippen LogP contribution in [0, 0.1) is 11.8 Å². The van der Waals surface area contributed by atoms with Crippen LogP contribution in [0.25, 0.3) is 0 Å². The summed E-state index contributed by atoms with van der Waals surface area (Å²) in [5.41, 5.74) is 2.02. The zero-order valence-corrected chi connectivity index (χ0v) is 17.3. The summed E-state index contributed by atoms with van der Waals surface area (Å²) < 4.78 is 5.79. The van der Waals surface area contributed by atoms with Crippen molar-refractivity contribution in [2.75, 3.05) is 13.1 Å². The van der Waals surface area contributed by atoms with Gasteiger partial charge in [0, 0.05) is 31.0 Å². The third-order valence-corrected chi connectivity index (χ3v) is 5.51. The molecule has 2 unspecified atom stereocenters. The molecule has 1 fully saturated rings. The van der Waals surface area contributed by atoms with Crippen LogP contribution in [0.1, 0.15) is 37.3 Å². The molecule has 3 rings (SSSR count). The van der Waals surface area contributed by atoms with Gasteiger partial charge in [-0.1, -0.05) is 38.0 Å². The van der Waals surface area contributed by atoms with Gasteiger partial charge in [0.25, 0.3) is 0 Å². The van der Waals surface area contributed by atoms with Crippen molar-refractivity contribution in [2.45, 2.75) is 39.3 Å². The van der Waals surface area contributed by atoms with Gasteiger partial charge < -0.3 is 9.64 Å². The Labute approximate surface area is 177 Å². The molecule has 0 bridgehead atoms. The van der Waals surface area contributed by atoms with Crippen molar-refractivity contribution in [1.82, 2.24) is 14.9 Å². The van der Waals surface area contributed by atoms with Gasteiger partial charge in [0.1, 0.15) is 12.4 Å². The normalized spacial score (nSPS) is 18.5. The van der Waals surface area contributed by atoms with E-state index >= 15 is 0 Å². The van der Waals surface area contributed by atoms with Gasteiger partial charge in [-0.2, -0.15) is 0 Å². The lowest BCUT2D eigenvalue weighted by atomic mass is 9.90. The van der Waals surface area contributed by atoms with E-state index in [4.69, 9.17) is 4.74 Å². The molecule has 7 nitrogen and oxygen atoms in total. The van der Waals surface area contributed by atoms with Crippen molar-refractivity contribution in [1.29, 1.82) is 0 Å². The molecule has 0 radical (unpaired) electrons. The molecule has 2 amide bonds.